The molecule has 19 heavy (non-hydrogen) atoms. The van der Waals surface area contributed by atoms with Gasteiger partial charge in [0.15, 0.2) is 5.82 Å². The van der Waals surface area contributed by atoms with Crippen molar-refractivity contribution >= 4 is 17.5 Å². The maximum absolute atomic E-state index is 12.7. The first-order valence-electron chi connectivity index (χ1n) is 5.76. The second kappa shape index (κ2) is 5.56. The van der Waals surface area contributed by atoms with Crippen molar-refractivity contribution in [3.05, 3.63) is 29.8 Å². The van der Waals surface area contributed by atoms with Crippen LogP contribution in [0.5, 0.6) is 0 Å². The molecule has 0 aliphatic heterocycles. The first-order chi connectivity index (χ1) is 9.02. The molecular formula is C12H12F3N3S. The number of nitrogens with one attached hydrogen (secondary N) is 1. The number of alkyl halides is 3. The van der Waals surface area contributed by atoms with Crippen molar-refractivity contribution in [3.8, 4) is 11.3 Å². The van der Waals surface area contributed by atoms with Gasteiger partial charge in [-0.2, -0.15) is 21.9 Å². The van der Waals surface area contributed by atoms with E-state index in [0.29, 0.717) is 23.6 Å². The van der Waals surface area contributed by atoms with Gasteiger partial charge in [0, 0.05) is 12.1 Å². The highest BCUT2D eigenvalue weighted by Gasteiger charge is 2.30. The van der Waals surface area contributed by atoms with E-state index in [-0.39, 0.29) is 0 Å². The van der Waals surface area contributed by atoms with Gasteiger partial charge in [0.25, 0.3) is 0 Å². The summed E-state index contributed by atoms with van der Waals surface area (Å²) in [6.45, 7) is 2.70. The molecule has 3 nitrogen and oxygen atoms in total. The molecule has 0 radical (unpaired) electrons. The van der Waals surface area contributed by atoms with Gasteiger partial charge in [-0.3, -0.25) is 0 Å². The van der Waals surface area contributed by atoms with Gasteiger partial charge in [-0.05, 0) is 18.6 Å². The van der Waals surface area contributed by atoms with Crippen molar-refractivity contribution in [1.29, 1.82) is 0 Å². The van der Waals surface area contributed by atoms with E-state index >= 15 is 0 Å². The molecule has 0 amide bonds. The number of hydrogen-bond donors (Lipinski definition) is 1. The average molecular weight is 287 g/mol. The van der Waals surface area contributed by atoms with Crippen molar-refractivity contribution < 1.29 is 13.2 Å². The fraction of sp³-hybridized carbons (Fsp3) is 0.333. The largest absolute Gasteiger partial charge is 0.416 e. The lowest BCUT2D eigenvalue weighted by atomic mass is 10.1. The molecule has 1 aromatic heterocycles. The quantitative estimate of drug-likeness (QED) is 0.922. The van der Waals surface area contributed by atoms with Gasteiger partial charge in [-0.1, -0.05) is 19.1 Å². The molecule has 0 saturated heterocycles. The Bertz CT molecular complexity index is 551. The number of nitrogens with zero attached hydrogens (tertiary/aromatic N) is 2. The molecule has 0 unspecified atom stereocenters. The first kappa shape index (κ1) is 13.8. The van der Waals surface area contributed by atoms with Crippen molar-refractivity contribution in [2.75, 3.05) is 11.9 Å². The molecule has 1 N–H and O–H groups in total. The summed E-state index contributed by atoms with van der Waals surface area (Å²) in [5.74, 6) is 0.533. The predicted molar refractivity (Wildman–Crippen MR) is 69.1 cm³/mol. The fourth-order valence-corrected chi connectivity index (χ4v) is 2.13. The lowest BCUT2D eigenvalue weighted by molar-refractivity contribution is -0.137. The van der Waals surface area contributed by atoms with E-state index in [9.17, 15) is 13.2 Å². The summed E-state index contributed by atoms with van der Waals surface area (Å²) in [4.78, 5) is 0. The zero-order valence-corrected chi connectivity index (χ0v) is 11.0. The number of hydrogen-bond acceptors (Lipinski definition) is 4. The minimum Gasteiger partial charge on any atom is -0.367 e. The molecule has 0 saturated carbocycles. The molecule has 0 fully saturated rings. The van der Waals surface area contributed by atoms with Crippen LogP contribution < -0.4 is 5.32 Å². The summed E-state index contributed by atoms with van der Waals surface area (Å²) in [7, 11) is 0. The Balaban J connectivity index is 2.34. The third kappa shape index (κ3) is 3.23. The van der Waals surface area contributed by atoms with Crippen LogP contribution in [0.4, 0.5) is 19.0 Å². The van der Waals surface area contributed by atoms with Crippen LogP contribution in [-0.4, -0.2) is 15.3 Å². The lowest BCUT2D eigenvalue weighted by Crippen LogP contribution is -2.05. The van der Waals surface area contributed by atoms with Crippen molar-refractivity contribution in [1.82, 2.24) is 8.75 Å². The first-order valence-corrected chi connectivity index (χ1v) is 6.49. The van der Waals surface area contributed by atoms with Crippen LogP contribution in [0.1, 0.15) is 18.9 Å². The molecule has 0 atom stereocenters. The molecule has 2 aromatic rings. The molecule has 0 aliphatic rings. The molecule has 0 aliphatic carbocycles. The molecule has 1 heterocycles. The van der Waals surface area contributed by atoms with Crippen LogP contribution in [0.2, 0.25) is 0 Å². The average Bonchev–Trinajstić information content (AvgIpc) is 2.83. The number of aromatic nitrogens is 2. The van der Waals surface area contributed by atoms with Crippen LogP contribution in [-0.2, 0) is 6.18 Å². The monoisotopic (exact) mass is 287 g/mol. The third-order valence-corrected chi connectivity index (χ3v) is 3.02. The van der Waals surface area contributed by atoms with Crippen LogP contribution in [0, 0.1) is 0 Å². The summed E-state index contributed by atoms with van der Waals surface area (Å²) in [6.07, 6.45) is -3.45. The summed E-state index contributed by atoms with van der Waals surface area (Å²) in [5.41, 5.74) is 0.200. The highest BCUT2D eigenvalue weighted by atomic mass is 32.1. The van der Waals surface area contributed by atoms with Crippen LogP contribution in [0.25, 0.3) is 11.3 Å². The lowest BCUT2D eigenvalue weighted by Gasteiger charge is -2.08. The van der Waals surface area contributed by atoms with Crippen molar-refractivity contribution in [2.45, 2.75) is 19.5 Å². The van der Waals surface area contributed by atoms with Gasteiger partial charge in [0.05, 0.1) is 17.3 Å². The molecule has 2 rings (SSSR count). The van der Waals surface area contributed by atoms with E-state index in [0.717, 1.165) is 30.3 Å². The Hall–Kier alpha value is -1.63. The minimum absolute atomic E-state index is 0.419. The van der Waals surface area contributed by atoms with E-state index < -0.39 is 11.7 Å². The standard InChI is InChI=1S/C12H12F3N3S/c1-2-6-16-11-10(17-19-18-11)8-4-3-5-9(7-8)12(13,14)15/h3-5,7H,2,6H2,1H3,(H,16,18). The topological polar surface area (TPSA) is 37.8 Å². The van der Waals surface area contributed by atoms with Gasteiger partial charge in [0.2, 0.25) is 0 Å². The molecule has 0 bridgehead atoms. The maximum Gasteiger partial charge on any atom is 0.416 e. The second-order valence-corrected chi connectivity index (χ2v) is 4.50. The minimum atomic E-state index is -4.35. The van der Waals surface area contributed by atoms with E-state index in [1.165, 1.54) is 6.07 Å². The Kier molecular flexibility index (Phi) is 4.04. The predicted octanol–water partition coefficient (Wildman–Crippen LogP) is 4.05. The van der Waals surface area contributed by atoms with E-state index in [1.54, 1.807) is 6.07 Å². The second-order valence-electron chi connectivity index (χ2n) is 3.97. The molecular weight excluding hydrogens is 275 g/mol. The van der Waals surface area contributed by atoms with Crippen molar-refractivity contribution in [2.24, 2.45) is 0 Å². The smallest absolute Gasteiger partial charge is 0.367 e. The highest BCUT2D eigenvalue weighted by Crippen LogP contribution is 2.33. The molecule has 7 heteroatoms. The van der Waals surface area contributed by atoms with Gasteiger partial charge in [-0.25, -0.2) is 0 Å². The molecule has 0 spiro atoms. The van der Waals surface area contributed by atoms with Crippen LogP contribution in [0.3, 0.4) is 0 Å². The number of rotatable bonds is 4. The van der Waals surface area contributed by atoms with Gasteiger partial charge in [-0.15, -0.1) is 0 Å². The van der Waals surface area contributed by atoms with Crippen molar-refractivity contribution in [3.63, 3.8) is 0 Å². The molecule has 1 aromatic carbocycles. The zero-order valence-electron chi connectivity index (χ0n) is 10.2. The van der Waals surface area contributed by atoms with Crippen LogP contribution in [0.15, 0.2) is 24.3 Å². The Labute approximate surface area is 112 Å². The maximum atomic E-state index is 12.7. The Morgan fingerprint density at radius 2 is 2.05 bits per heavy atom. The Morgan fingerprint density at radius 3 is 2.74 bits per heavy atom. The SMILES string of the molecule is CCCNc1nsnc1-c1cccc(C(F)(F)F)c1. The summed E-state index contributed by atoms with van der Waals surface area (Å²) in [5, 5.41) is 3.06. The summed E-state index contributed by atoms with van der Waals surface area (Å²) in [6, 6.07) is 5.11. The summed E-state index contributed by atoms with van der Waals surface area (Å²) < 4.78 is 46.1. The van der Waals surface area contributed by atoms with Crippen LogP contribution >= 0.6 is 11.7 Å². The highest BCUT2D eigenvalue weighted by molar-refractivity contribution is 6.99. The fourth-order valence-electron chi connectivity index (χ4n) is 1.58. The van der Waals surface area contributed by atoms with Gasteiger partial charge in [0.1, 0.15) is 5.69 Å². The number of halogens is 3. The van der Waals surface area contributed by atoms with Gasteiger partial charge < -0.3 is 5.32 Å². The van der Waals surface area contributed by atoms with E-state index in [1.807, 2.05) is 6.92 Å². The Morgan fingerprint density at radius 1 is 1.26 bits per heavy atom. The number of benzene rings is 1. The van der Waals surface area contributed by atoms with E-state index in [4.69, 9.17) is 0 Å². The van der Waals surface area contributed by atoms with Gasteiger partial charge >= 0.3 is 6.18 Å². The number of anilines is 1. The normalized spacial score (nSPS) is 11.6. The van der Waals surface area contributed by atoms with E-state index in [2.05, 4.69) is 14.1 Å². The molecule has 102 valence electrons. The zero-order chi connectivity index (χ0) is 13.9. The third-order valence-electron chi connectivity index (χ3n) is 2.49. The summed E-state index contributed by atoms with van der Waals surface area (Å²) >= 11 is 0.981.